The van der Waals surface area contributed by atoms with Crippen molar-refractivity contribution in [2.24, 2.45) is 5.92 Å². The van der Waals surface area contributed by atoms with E-state index in [9.17, 15) is 9.59 Å². The molecule has 1 rings (SSSR count). The van der Waals surface area contributed by atoms with Crippen LogP contribution in [0.15, 0.2) is 24.3 Å². The van der Waals surface area contributed by atoms with Crippen LogP contribution >= 0.6 is 0 Å². The first-order valence-corrected chi connectivity index (χ1v) is 8.30. The van der Waals surface area contributed by atoms with Crippen LogP contribution in [-0.2, 0) is 10.2 Å². The summed E-state index contributed by atoms with van der Waals surface area (Å²) in [4.78, 5) is 24.2. The third-order valence-electron chi connectivity index (χ3n) is 3.77. The summed E-state index contributed by atoms with van der Waals surface area (Å²) in [5, 5.41) is 5.59. The molecule has 0 aliphatic carbocycles. The Kier molecular flexibility index (Phi) is 6.79. The molecule has 4 nitrogen and oxygen atoms in total. The Morgan fingerprint density at radius 3 is 2.09 bits per heavy atom. The molecule has 4 heteroatoms. The molecule has 2 N–H and O–H groups in total. The van der Waals surface area contributed by atoms with Crippen molar-refractivity contribution in [1.29, 1.82) is 0 Å². The first-order chi connectivity index (χ1) is 10.6. The lowest BCUT2D eigenvalue weighted by Gasteiger charge is -2.19. The number of hydrogen-bond acceptors (Lipinski definition) is 2. The molecule has 0 aliphatic rings. The Bertz CT molecular complexity index is 527. The van der Waals surface area contributed by atoms with E-state index in [1.54, 1.807) is 19.1 Å². The van der Waals surface area contributed by atoms with Gasteiger partial charge in [0.05, 0.1) is 0 Å². The highest BCUT2D eigenvalue weighted by molar-refractivity contribution is 5.97. The highest BCUT2D eigenvalue weighted by atomic mass is 16.2. The second kappa shape index (κ2) is 8.14. The average molecular weight is 318 g/mol. The molecule has 0 bridgehead atoms. The molecule has 128 valence electrons. The van der Waals surface area contributed by atoms with Gasteiger partial charge in [-0.2, -0.15) is 0 Å². The highest BCUT2D eigenvalue weighted by Crippen LogP contribution is 2.22. The number of carbonyl (C=O) groups excluding carboxylic acids is 2. The summed E-state index contributed by atoms with van der Waals surface area (Å²) in [6.07, 6.45) is 0.931. The Hall–Kier alpha value is -1.84. The van der Waals surface area contributed by atoms with Crippen LogP contribution in [0.2, 0.25) is 0 Å². The Labute approximate surface area is 140 Å². The smallest absolute Gasteiger partial charge is 0.251 e. The van der Waals surface area contributed by atoms with Crippen molar-refractivity contribution in [3.05, 3.63) is 35.4 Å². The van der Waals surface area contributed by atoms with Crippen molar-refractivity contribution >= 4 is 11.8 Å². The number of hydrogen-bond donors (Lipinski definition) is 2. The second-order valence-electron chi connectivity index (χ2n) is 7.50. The lowest BCUT2D eigenvalue weighted by atomic mass is 9.86. The van der Waals surface area contributed by atoms with Crippen LogP contribution in [0.5, 0.6) is 0 Å². The average Bonchev–Trinajstić information content (AvgIpc) is 2.45. The van der Waals surface area contributed by atoms with Crippen LogP contribution in [0.4, 0.5) is 0 Å². The van der Waals surface area contributed by atoms with Gasteiger partial charge in [0.15, 0.2) is 0 Å². The molecule has 1 aromatic carbocycles. The fourth-order valence-corrected chi connectivity index (χ4v) is 2.10. The largest absolute Gasteiger partial charge is 0.354 e. The van der Waals surface area contributed by atoms with Crippen molar-refractivity contribution < 1.29 is 9.59 Å². The summed E-state index contributed by atoms with van der Waals surface area (Å²) in [5.41, 5.74) is 1.80. The van der Waals surface area contributed by atoms with Crippen molar-refractivity contribution in [3.8, 4) is 0 Å². The fraction of sp³-hybridized carbons (Fsp3) is 0.579. The van der Waals surface area contributed by atoms with Gasteiger partial charge in [-0.15, -0.1) is 0 Å². The molecule has 0 spiro atoms. The molecule has 23 heavy (non-hydrogen) atoms. The molecular formula is C19H30N2O2. The molecule has 0 radical (unpaired) electrons. The fourth-order valence-electron chi connectivity index (χ4n) is 2.10. The lowest BCUT2D eigenvalue weighted by molar-refractivity contribution is -0.122. The zero-order valence-corrected chi connectivity index (χ0v) is 15.2. The van der Waals surface area contributed by atoms with E-state index in [0.29, 0.717) is 18.0 Å². The summed E-state index contributed by atoms with van der Waals surface area (Å²) in [6, 6.07) is 6.99. The van der Waals surface area contributed by atoms with Crippen LogP contribution < -0.4 is 10.6 Å². The number of nitrogens with one attached hydrogen (secondary N) is 2. The number of carbonyl (C=O) groups is 2. The molecule has 1 aromatic rings. The van der Waals surface area contributed by atoms with Gasteiger partial charge in [-0.05, 0) is 42.4 Å². The molecule has 0 saturated heterocycles. The maximum Gasteiger partial charge on any atom is 0.251 e. The van der Waals surface area contributed by atoms with E-state index in [1.807, 2.05) is 12.1 Å². The normalized spacial score (nSPS) is 12.8. The molecule has 0 aliphatic heterocycles. The maximum absolute atomic E-state index is 12.2. The standard InChI is InChI=1S/C19H30N2O2/c1-13(2)11-12-20-17(22)14(3)21-18(23)15-7-9-16(10-8-15)19(4,5)6/h7-10,13-14H,11-12H2,1-6H3,(H,20,22)(H,21,23). The second-order valence-corrected chi connectivity index (χ2v) is 7.50. The van der Waals surface area contributed by atoms with Gasteiger partial charge in [-0.3, -0.25) is 9.59 Å². The van der Waals surface area contributed by atoms with E-state index in [-0.39, 0.29) is 17.2 Å². The minimum Gasteiger partial charge on any atom is -0.354 e. The van der Waals surface area contributed by atoms with E-state index >= 15 is 0 Å². The Morgan fingerprint density at radius 1 is 1.04 bits per heavy atom. The maximum atomic E-state index is 12.2. The van der Waals surface area contributed by atoms with Crippen molar-refractivity contribution in [1.82, 2.24) is 10.6 Å². The summed E-state index contributed by atoms with van der Waals surface area (Å²) in [6.45, 7) is 12.9. The van der Waals surface area contributed by atoms with Gasteiger partial charge in [-0.25, -0.2) is 0 Å². The highest BCUT2D eigenvalue weighted by Gasteiger charge is 2.18. The zero-order chi connectivity index (χ0) is 17.6. The topological polar surface area (TPSA) is 58.2 Å². The SMILES string of the molecule is CC(C)CCNC(=O)C(C)NC(=O)c1ccc(C(C)(C)C)cc1. The number of benzene rings is 1. The molecule has 1 atom stereocenters. The number of rotatable bonds is 6. The van der Waals surface area contributed by atoms with E-state index in [1.165, 1.54) is 5.56 Å². The monoisotopic (exact) mass is 318 g/mol. The van der Waals surface area contributed by atoms with E-state index in [2.05, 4.69) is 45.3 Å². The van der Waals surface area contributed by atoms with Gasteiger partial charge in [0.1, 0.15) is 6.04 Å². The number of amides is 2. The van der Waals surface area contributed by atoms with Crippen LogP contribution in [-0.4, -0.2) is 24.4 Å². The van der Waals surface area contributed by atoms with E-state index in [4.69, 9.17) is 0 Å². The zero-order valence-electron chi connectivity index (χ0n) is 15.2. The minimum atomic E-state index is -0.544. The molecule has 0 fully saturated rings. The summed E-state index contributed by atoms with van der Waals surface area (Å²) in [5.74, 6) is 0.170. The van der Waals surface area contributed by atoms with Crippen molar-refractivity contribution in [2.45, 2.75) is 59.4 Å². The first kappa shape index (κ1) is 19.2. The lowest BCUT2D eigenvalue weighted by Crippen LogP contribution is -2.45. The molecule has 1 unspecified atom stereocenters. The van der Waals surface area contributed by atoms with Gasteiger partial charge in [0.25, 0.3) is 5.91 Å². The Balaban J connectivity index is 2.56. The molecule has 0 aromatic heterocycles. The van der Waals surface area contributed by atoms with Crippen LogP contribution in [0.25, 0.3) is 0 Å². The molecule has 2 amide bonds. The summed E-state index contributed by atoms with van der Waals surface area (Å²) in [7, 11) is 0. The first-order valence-electron chi connectivity index (χ1n) is 8.30. The van der Waals surface area contributed by atoms with Crippen LogP contribution in [0.3, 0.4) is 0 Å². The molecule has 0 heterocycles. The van der Waals surface area contributed by atoms with Crippen molar-refractivity contribution in [2.75, 3.05) is 6.54 Å². The van der Waals surface area contributed by atoms with Gasteiger partial charge in [-0.1, -0.05) is 46.8 Å². The predicted octanol–water partition coefficient (Wildman–Crippen LogP) is 3.26. The minimum absolute atomic E-state index is 0.0542. The molecule has 0 saturated carbocycles. The van der Waals surface area contributed by atoms with E-state index < -0.39 is 6.04 Å². The predicted molar refractivity (Wildman–Crippen MR) is 94.5 cm³/mol. The Morgan fingerprint density at radius 2 is 1.61 bits per heavy atom. The van der Waals surface area contributed by atoms with Crippen LogP contribution in [0, 0.1) is 5.92 Å². The third-order valence-corrected chi connectivity index (χ3v) is 3.77. The summed E-state index contributed by atoms with van der Waals surface area (Å²) >= 11 is 0. The van der Waals surface area contributed by atoms with Gasteiger partial charge in [0, 0.05) is 12.1 Å². The summed E-state index contributed by atoms with van der Waals surface area (Å²) < 4.78 is 0. The quantitative estimate of drug-likeness (QED) is 0.846. The van der Waals surface area contributed by atoms with Gasteiger partial charge < -0.3 is 10.6 Å². The molecular weight excluding hydrogens is 288 g/mol. The van der Waals surface area contributed by atoms with Gasteiger partial charge >= 0.3 is 0 Å². The van der Waals surface area contributed by atoms with E-state index in [0.717, 1.165) is 6.42 Å². The van der Waals surface area contributed by atoms with Crippen LogP contribution in [0.1, 0.15) is 63.9 Å². The van der Waals surface area contributed by atoms with Crippen molar-refractivity contribution in [3.63, 3.8) is 0 Å². The van der Waals surface area contributed by atoms with Gasteiger partial charge in [0.2, 0.25) is 5.91 Å². The third kappa shape index (κ3) is 6.43.